The predicted molar refractivity (Wildman–Crippen MR) is 100 cm³/mol. The van der Waals surface area contributed by atoms with Gasteiger partial charge in [-0.3, -0.25) is 9.69 Å². The quantitative estimate of drug-likeness (QED) is 0.554. The number of amides is 3. The lowest BCUT2D eigenvalue weighted by atomic mass is 10.1. The summed E-state index contributed by atoms with van der Waals surface area (Å²) in [6, 6.07) is 8.16. The van der Waals surface area contributed by atoms with E-state index in [0.29, 0.717) is 22.2 Å². The van der Waals surface area contributed by atoms with E-state index in [2.05, 4.69) is 21.2 Å². The fourth-order valence-corrected chi connectivity index (χ4v) is 3.07. The van der Waals surface area contributed by atoms with Crippen molar-refractivity contribution in [3.05, 3.63) is 63.5 Å². The summed E-state index contributed by atoms with van der Waals surface area (Å²) in [6.07, 6.45) is 1.38. The van der Waals surface area contributed by atoms with Gasteiger partial charge in [0.1, 0.15) is 11.5 Å². The molecule has 8 heteroatoms. The predicted octanol–water partition coefficient (Wildman–Crippen LogP) is 3.79. The third-order valence-electron chi connectivity index (χ3n) is 3.89. The minimum Gasteiger partial charge on any atom is -0.504 e. The molecule has 0 bridgehead atoms. The lowest BCUT2D eigenvalue weighted by Crippen LogP contribution is -2.30. The van der Waals surface area contributed by atoms with Gasteiger partial charge < -0.3 is 15.2 Å². The Kier molecular flexibility index (Phi) is 5.46. The topological polar surface area (TPSA) is 78.9 Å². The number of urea groups is 1. The Morgan fingerprint density at radius 2 is 1.96 bits per heavy atom. The summed E-state index contributed by atoms with van der Waals surface area (Å²) >= 11 is 3.32. The minimum atomic E-state index is -0.588. The van der Waals surface area contributed by atoms with Crippen LogP contribution >= 0.6 is 15.9 Å². The first-order chi connectivity index (χ1) is 12.9. The molecule has 2 aromatic rings. The molecule has 0 unspecified atom stereocenters. The Bertz CT molecular complexity index is 928. The molecule has 140 valence electrons. The maximum absolute atomic E-state index is 13.0. The van der Waals surface area contributed by atoms with Crippen molar-refractivity contribution in [3.63, 3.8) is 0 Å². The minimum absolute atomic E-state index is 0.0109. The van der Waals surface area contributed by atoms with E-state index in [4.69, 9.17) is 4.74 Å². The summed E-state index contributed by atoms with van der Waals surface area (Å²) < 4.78 is 19.0. The van der Waals surface area contributed by atoms with Crippen molar-refractivity contribution in [2.45, 2.75) is 13.5 Å². The second-order valence-corrected chi connectivity index (χ2v) is 6.70. The van der Waals surface area contributed by atoms with Crippen LogP contribution in [0.3, 0.4) is 0 Å². The molecule has 3 rings (SSSR count). The number of halogens is 2. The van der Waals surface area contributed by atoms with Crippen LogP contribution in [0.4, 0.5) is 9.18 Å². The zero-order chi connectivity index (χ0) is 19.6. The first kappa shape index (κ1) is 18.9. The second-order valence-electron chi connectivity index (χ2n) is 5.78. The lowest BCUT2D eigenvalue weighted by molar-refractivity contribution is -0.123. The van der Waals surface area contributed by atoms with Crippen LogP contribution in [0.15, 0.2) is 46.6 Å². The van der Waals surface area contributed by atoms with Gasteiger partial charge in [-0.25, -0.2) is 9.18 Å². The summed E-state index contributed by atoms with van der Waals surface area (Å²) in [6.45, 7) is 2.16. The Hall–Kier alpha value is -2.87. The molecule has 0 atom stereocenters. The van der Waals surface area contributed by atoms with E-state index in [0.717, 1.165) is 4.90 Å². The van der Waals surface area contributed by atoms with Crippen molar-refractivity contribution >= 4 is 33.9 Å². The van der Waals surface area contributed by atoms with Crippen LogP contribution in [0.5, 0.6) is 11.5 Å². The first-order valence-corrected chi connectivity index (χ1v) is 8.92. The van der Waals surface area contributed by atoms with Gasteiger partial charge in [-0.2, -0.15) is 0 Å². The van der Waals surface area contributed by atoms with Gasteiger partial charge in [0.2, 0.25) is 0 Å². The Morgan fingerprint density at radius 1 is 1.26 bits per heavy atom. The number of hydrogen-bond donors (Lipinski definition) is 2. The number of carbonyl (C=O) groups is 2. The van der Waals surface area contributed by atoms with E-state index in [1.165, 1.54) is 30.3 Å². The number of nitrogens with one attached hydrogen (secondary N) is 1. The highest BCUT2D eigenvalue weighted by Crippen LogP contribution is 2.35. The molecule has 27 heavy (non-hydrogen) atoms. The van der Waals surface area contributed by atoms with Crippen LogP contribution in [0, 0.1) is 5.82 Å². The number of hydrogen-bond acceptors (Lipinski definition) is 4. The molecule has 6 nitrogen and oxygen atoms in total. The largest absolute Gasteiger partial charge is 0.504 e. The third kappa shape index (κ3) is 4.11. The molecule has 1 fully saturated rings. The van der Waals surface area contributed by atoms with E-state index >= 15 is 0 Å². The van der Waals surface area contributed by atoms with Crippen molar-refractivity contribution in [2.24, 2.45) is 0 Å². The number of rotatable bonds is 5. The lowest BCUT2D eigenvalue weighted by Gasteiger charge is -2.11. The summed E-state index contributed by atoms with van der Waals surface area (Å²) in [5.41, 5.74) is 0.961. The SMILES string of the molecule is CCOc1cc(Br)cc(/C=C2/NC(=O)N(Cc3ccc(F)cc3)C2=O)c1O. The van der Waals surface area contributed by atoms with Gasteiger partial charge in [0, 0.05) is 10.0 Å². The highest BCUT2D eigenvalue weighted by Gasteiger charge is 2.33. The summed E-state index contributed by atoms with van der Waals surface area (Å²) in [5, 5.41) is 12.8. The van der Waals surface area contributed by atoms with Gasteiger partial charge in [-0.05, 0) is 42.8 Å². The van der Waals surface area contributed by atoms with Crippen molar-refractivity contribution in [2.75, 3.05) is 6.61 Å². The fourth-order valence-electron chi connectivity index (χ4n) is 2.61. The molecule has 0 spiro atoms. The smallest absolute Gasteiger partial charge is 0.329 e. The number of imide groups is 1. The maximum Gasteiger partial charge on any atom is 0.329 e. The molecule has 0 radical (unpaired) electrons. The van der Waals surface area contributed by atoms with E-state index in [-0.39, 0.29) is 23.7 Å². The second kappa shape index (κ2) is 7.79. The molecule has 1 aliphatic heterocycles. The molecule has 2 N–H and O–H groups in total. The molecule has 1 aliphatic rings. The molecule has 0 saturated carbocycles. The van der Waals surface area contributed by atoms with Crippen molar-refractivity contribution in [1.82, 2.24) is 10.2 Å². The van der Waals surface area contributed by atoms with Gasteiger partial charge in [-0.15, -0.1) is 0 Å². The zero-order valence-electron chi connectivity index (χ0n) is 14.3. The maximum atomic E-state index is 13.0. The molecule has 0 aromatic heterocycles. The van der Waals surface area contributed by atoms with E-state index in [9.17, 15) is 19.1 Å². The highest BCUT2D eigenvalue weighted by molar-refractivity contribution is 9.10. The van der Waals surface area contributed by atoms with E-state index in [1.807, 2.05) is 0 Å². The van der Waals surface area contributed by atoms with E-state index < -0.39 is 17.8 Å². The Balaban J connectivity index is 1.87. The first-order valence-electron chi connectivity index (χ1n) is 8.13. The molecule has 1 heterocycles. The number of nitrogens with zero attached hydrogens (tertiary/aromatic N) is 1. The molecule has 0 aliphatic carbocycles. The third-order valence-corrected chi connectivity index (χ3v) is 4.34. The van der Waals surface area contributed by atoms with Gasteiger partial charge in [-0.1, -0.05) is 28.1 Å². The monoisotopic (exact) mass is 434 g/mol. The number of aromatic hydroxyl groups is 1. The average molecular weight is 435 g/mol. The molecule has 1 saturated heterocycles. The fraction of sp³-hybridized carbons (Fsp3) is 0.158. The van der Waals surface area contributed by atoms with Crippen LogP contribution in [-0.2, 0) is 11.3 Å². The van der Waals surface area contributed by atoms with Crippen molar-refractivity contribution in [1.29, 1.82) is 0 Å². The summed E-state index contributed by atoms with van der Waals surface area (Å²) in [4.78, 5) is 25.7. The van der Waals surface area contributed by atoms with Crippen LogP contribution in [0.2, 0.25) is 0 Å². The number of phenolic OH excluding ortho intramolecular Hbond substituents is 1. The number of benzene rings is 2. The van der Waals surface area contributed by atoms with E-state index in [1.54, 1.807) is 19.1 Å². The molecule has 2 aromatic carbocycles. The number of phenols is 1. The normalized spacial score (nSPS) is 15.4. The molecule has 3 amide bonds. The molecular weight excluding hydrogens is 419 g/mol. The van der Waals surface area contributed by atoms with Crippen LogP contribution in [-0.4, -0.2) is 28.6 Å². The van der Waals surface area contributed by atoms with Crippen molar-refractivity contribution in [3.8, 4) is 11.5 Å². The van der Waals surface area contributed by atoms with Gasteiger partial charge in [0.05, 0.1) is 13.2 Å². The summed E-state index contributed by atoms with van der Waals surface area (Å²) in [5.74, 6) is -0.807. The molecular formula is C19H16BrFN2O4. The van der Waals surface area contributed by atoms with Gasteiger partial charge in [0.25, 0.3) is 5.91 Å². The average Bonchev–Trinajstić information content (AvgIpc) is 2.88. The van der Waals surface area contributed by atoms with Crippen LogP contribution in [0.25, 0.3) is 6.08 Å². The highest BCUT2D eigenvalue weighted by atomic mass is 79.9. The van der Waals surface area contributed by atoms with Crippen LogP contribution in [0.1, 0.15) is 18.1 Å². The zero-order valence-corrected chi connectivity index (χ0v) is 15.9. The standard InChI is InChI=1S/C19H16BrFN2O4/c1-2-27-16-9-13(20)7-12(17(16)24)8-15-18(25)23(19(26)22-15)10-11-3-5-14(21)6-4-11/h3-9,24H,2,10H2,1H3,(H,22,26)/b15-8+. The summed E-state index contributed by atoms with van der Waals surface area (Å²) in [7, 11) is 0. The Labute approximate surface area is 163 Å². The van der Waals surface area contributed by atoms with Crippen LogP contribution < -0.4 is 10.1 Å². The number of carbonyl (C=O) groups excluding carboxylic acids is 2. The van der Waals surface area contributed by atoms with Crippen molar-refractivity contribution < 1.29 is 23.8 Å². The Morgan fingerprint density at radius 3 is 2.63 bits per heavy atom. The van der Waals surface area contributed by atoms with Gasteiger partial charge in [0.15, 0.2) is 11.5 Å². The van der Waals surface area contributed by atoms with Gasteiger partial charge >= 0.3 is 6.03 Å². The number of ether oxygens (including phenoxy) is 1.